The molecule has 1 aromatic carbocycles. The van der Waals surface area contributed by atoms with Gasteiger partial charge < -0.3 is 19.9 Å². The van der Waals surface area contributed by atoms with E-state index < -0.39 is 0 Å². The molecule has 1 aliphatic rings. The maximum atomic E-state index is 5.47. The van der Waals surface area contributed by atoms with Crippen LogP contribution in [0.15, 0.2) is 52.1 Å². The third-order valence-corrected chi connectivity index (χ3v) is 5.41. The lowest BCUT2D eigenvalue weighted by molar-refractivity contribution is 0.122. The summed E-state index contributed by atoms with van der Waals surface area (Å²) >= 11 is 3.63. The fourth-order valence-electron chi connectivity index (χ4n) is 3.20. The number of hydrogen-bond donors (Lipinski definition) is 1. The van der Waals surface area contributed by atoms with Gasteiger partial charge in [0, 0.05) is 49.5 Å². The van der Waals surface area contributed by atoms with E-state index in [1.54, 1.807) is 0 Å². The molecule has 0 atom stereocenters. The van der Waals surface area contributed by atoms with Gasteiger partial charge in [0.15, 0.2) is 5.96 Å². The first-order valence-corrected chi connectivity index (χ1v) is 10.5. The molecule has 29 heavy (non-hydrogen) atoms. The van der Waals surface area contributed by atoms with Crippen LogP contribution in [-0.2, 0) is 17.8 Å². The van der Waals surface area contributed by atoms with Crippen molar-refractivity contribution in [1.82, 2.24) is 15.2 Å². The number of hydrogen-bond acceptors (Lipinski definition) is 4. The number of rotatable bonds is 6. The van der Waals surface area contributed by atoms with Crippen molar-refractivity contribution in [3.8, 4) is 0 Å². The van der Waals surface area contributed by atoms with Gasteiger partial charge in [-0.05, 0) is 24.6 Å². The molecule has 0 unspecified atom stereocenters. The summed E-state index contributed by atoms with van der Waals surface area (Å²) in [5.74, 6) is 1.90. The minimum Gasteiger partial charge on any atom is -0.378 e. The van der Waals surface area contributed by atoms with Crippen molar-refractivity contribution in [2.45, 2.75) is 20.0 Å². The SMILES string of the molecule is CCNC(=NCc1cccnc1N1CCOCC1)N(C)Cc1ccccc1Br.I. The molecule has 8 heteroatoms. The summed E-state index contributed by atoms with van der Waals surface area (Å²) in [6.07, 6.45) is 1.85. The number of pyridine rings is 1. The Balaban J connectivity index is 0.00000300. The van der Waals surface area contributed by atoms with Crippen LogP contribution in [0.1, 0.15) is 18.1 Å². The van der Waals surface area contributed by atoms with Crippen molar-refractivity contribution in [3.63, 3.8) is 0 Å². The number of nitrogens with one attached hydrogen (secondary N) is 1. The summed E-state index contributed by atoms with van der Waals surface area (Å²) in [4.78, 5) is 13.9. The van der Waals surface area contributed by atoms with Crippen LogP contribution < -0.4 is 10.2 Å². The van der Waals surface area contributed by atoms with Gasteiger partial charge in [0.05, 0.1) is 19.8 Å². The molecule has 1 saturated heterocycles. The zero-order valence-electron chi connectivity index (χ0n) is 17.0. The van der Waals surface area contributed by atoms with Crippen LogP contribution >= 0.6 is 39.9 Å². The molecule has 3 rings (SSSR count). The van der Waals surface area contributed by atoms with Crippen molar-refractivity contribution in [3.05, 3.63) is 58.2 Å². The van der Waals surface area contributed by atoms with Crippen LogP contribution in [0.25, 0.3) is 0 Å². The average Bonchev–Trinajstić information content (AvgIpc) is 2.73. The van der Waals surface area contributed by atoms with E-state index in [2.05, 4.69) is 74.3 Å². The minimum atomic E-state index is 0. The van der Waals surface area contributed by atoms with Gasteiger partial charge >= 0.3 is 0 Å². The molecule has 1 aromatic heterocycles. The van der Waals surface area contributed by atoms with Gasteiger partial charge in [-0.3, -0.25) is 0 Å². The second-order valence-corrected chi connectivity index (χ2v) is 7.56. The summed E-state index contributed by atoms with van der Waals surface area (Å²) < 4.78 is 6.58. The molecule has 1 fully saturated rings. The number of ether oxygens (including phenoxy) is 1. The van der Waals surface area contributed by atoms with Gasteiger partial charge in [0.1, 0.15) is 5.82 Å². The molecule has 0 saturated carbocycles. The molecule has 2 heterocycles. The zero-order chi connectivity index (χ0) is 19.8. The zero-order valence-corrected chi connectivity index (χ0v) is 20.9. The first-order valence-electron chi connectivity index (χ1n) is 9.68. The number of halogens is 2. The third-order valence-electron chi connectivity index (χ3n) is 4.64. The monoisotopic (exact) mass is 573 g/mol. The second kappa shape index (κ2) is 12.3. The highest BCUT2D eigenvalue weighted by atomic mass is 127. The van der Waals surface area contributed by atoms with Crippen molar-refractivity contribution in [1.29, 1.82) is 0 Å². The van der Waals surface area contributed by atoms with Gasteiger partial charge in [-0.15, -0.1) is 24.0 Å². The van der Waals surface area contributed by atoms with E-state index >= 15 is 0 Å². The number of anilines is 1. The highest BCUT2D eigenvalue weighted by Gasteiger charge is 2.16. The number of aromatic nitrogens is 1. The number of aliphatic imine (C=N–C) groups is 1. The van der Waals surface area contributed by atoms with Gasteiger partial charge in [0.25, 0.3) is 0 Å². The number of guanidine groups is 1. The predicted molar refractivity (Wildman–Crippen MR) is 133 cm³/mol. The Bertz CT molecular complexity index is 798. The molecular weight excluding hydrogens is 545 g/mol. The molecule has 6 nitrogen and oxygen atoms in total. The Morgan fingerprint density at radius 2 is 1.93 bits per heavy atom. The van der Waals surface area contributed by atoms with Crippen LogP contribution in [0.2, 0.25) is 0 Å². The van der Waals surface area contributed by atoms with Crippen molar-refractivity contribution in [2.75, 3.05) is 44.8 Å². The Kier molecular flexibility index (Phi) is 10.2. The average molecular weight is 574 g/mol. The van der Waals surface area contributed by atoms with E-state index in [0.29, 0.717) is 6.54 Å². The largest absolute Gasteiger partial charge is 0.378 e. The maximum absolute atomic E-state index is 5.47. The minimum absolute atomic E-state index is 0. The van der Waals surface area contributed by atoms with Gasteiger partial charge in [-0.2, -0.15) is 0 Å². The summed E-state index contributed by atoms with van der Waals surface area (Å²) in [5.41, 5.74) is 2.36. The smallest absolute Gasteiger partial charge is 0.194 e. The Morgan fingerprint density at radius 3 is 2.66 bits per heavy atom. The Labute approximate surface area is 198 Å². The first-order chi connectivity index (χ1) is 13.7. The predicted octanol–water partition coefficient (Wildman–Crippen LogP) is 3.90. The standard InChI is InChI=1S/C21H28BrN5O.HI/c1-3-23-21(26(2)16-18-7-4-5-9-19(18)22)25-15-17-8-6-10-24-20(17)27-11-13-28-14-12-27;/h4-10H,3,11-16H2,1-2H3,(H,23,25);1H. The topological polar surface area (TPSA) is 53.0 Å². The van der Waals surface area contributed by atoms with E-state index in [1.807, 2.05) is 18.3 Å². The molecule has 0 amide bonds. The molecule has 1 N–H and O–H groups in total. The van der Waals surface area contributed by atoms with Gasteiger partial charge in [-0.25, -0.2) is 9.98 Å². The lowest BCUT2D eigenvalue weighted by Gasteiger charge is -2.29. The van der Waals surface area contributed by atoms with Crippen molar-refractivity contribution in [2.24, 2.45) is 4.99 Å². The van der Waals surface area contributed by atoms with Crippen LogP contribution in [0.3, 0.4) is 0 Å². The van der Waals surface area contributed by atoms with Crippen LogP contribution in [0.5, 0.6) is 0 Å². The number of morpholine rings is 1. The fraction of sp³-hybridized carbons (Fsp3) is 0.429. The number of benzene rings is 1. The van der Waals surface area contributed by atoms with E-state index in [0.717, 1.165) is 61.2 Å². The van der Waals surface area contributed by atoms with Gasteiger partial charge in [-0.1, -0.05) is 40.2 Å². The third kappa shape index (κ3) is 6.82. The van der Waals surface area contributed by atoms with Crippen LogP contribution in [0.4, 0.5) is 5.82 Å². The molecule has 158 valence electrons. The maximum Gasteiger partial charge on any atom is 0.194 e. The summed E-state index contributed by atoms with van der Waals surface area (Å²) in [5, 5.41) is 3.40. The second-order valence-electron chi connectivity index (χ2n) is 6.70. The molecule has 0 bridgehead atoms. The molecule has 0 spiro atoms. The molecule has 2 aromatic rings. The van der Waals surface area contributed by atoms with E-state index in [4.69, 9.17) is 9.73 Å². The summed E-state index contributed by atoms with van der Waals surface area (Å²) in [7, 11) is 2.06. The van der Waals surface area contributed by atoms with Gasteiger partial charge in [0.2, 0.25) is 0 Å². The lowest BCUT2D eigenvalue weighted by Crippen LogP contribution is -2.39. The number of nitrogens with zero attached hydrogens (tertiary/aromatic N) is 4. The molecule has 0 aliphatic carbocycles. The molecule has 1 aliphatic heterocycles. The highest BCUT2D eigenvalue weighted by Crippen LogP contribution is 2.20. The van der Waals surface area contributed by atoms with E-state index in [9.17, 15) is 0 Å². The fourth-order valence-corrected chi connectivity index (χ4v) is 3.61. The van der Waals surface area contributed by atoms with Crippen molar-refractivity contribution >= 4 is 51.7 Å². The summed E-state index contributed by atoms with van der Waals surface area (Å²) in [6.45, 7) is 7.51. The van der Waals surface area contributed by atoms with Crippen molar-refractivity contribution < 1.29 is 4.74 Å². The normalized spacial score (nSPS) is 14.3. The van der Waals surface area contributed by atoms with E-state index in [1.165, 1.54) is 5.56 Å². The lowest BCUT2D eigenvalue weighted by atomic mass is 10.2. The molecular formula is C21H29BrIN5O. The molecule has 0 radical (unpaired) electrons. The quantitative estimate of drug-likeness (QED) is 0.323. The Hall–Kier alpha value is -1.39. The Morgan fingerprint density at radius 1 is 1.21 bits per heavy atom. The first kappa shape index (κ1) is 23.9. The van der Waals surface area contributed by atoms with Crippen LogP contribution in [0, 0.1) is 0 Å². The van der Waals surface area contributed by atoms with E-state index in [-0.39, 0.29) is 24.0 Å². The highest BCUT2D eigenvalue weighted by molar-refractivity contribution is 14.0. The summed E-state index contributed by atoms with van der Waals surface area (Å²) in [6, 6.07) is 12.4. The van der Waals surface area contributed by atoms with Crippen LogP contribution in [-0.4, -0.2) is 55.7 Å².